The van der Waals surface area contributed by atoms with Gasteiger partial charge in [0.25, 0.3) is 5.91 Å². The number of carbonyl (C=O) groups excluding carboxylic acids is 3. The molecule has 7 heteroatoms. The quantitative estimate of drug-likeness (QED) is 0.472. The van der Waals surface area contributed by atoms with Gasteiger partial charge in [-0.15, -0.1) is 0 Å². The van der Waals surface area contributed by atoms with Crippen molar-refractivity contribution in [1.29, 1.82) is 0 Å². The molecule has 0 radical (unpaired) electrons. The largest absolute Gasteiger partial charge is 0.464 e. The van der Waals surface area contributed by atoms with E-state index in [1.165, 1.54) is 0 Å². The maximum Gasteiger partial charge on any atom is 0.338 e. The normalized spacial score (nSPS) is 22.7. The number of amides is 2. The third-order valence-electron chi connectivity index (χ3n) is 2.64. The number of carbonyl (C=O) groups is 3. The fourth-order valence-electron chi connectivity index (χ4n) is 1.69. The molecule has 1 rings (SSSR count). The summed E-state index contributed by atoms with van der Waals surface area (Å²) in [4.78, 5) is 34.3. The van der Waals surface area contributed by atoms with Crippen molar-refractivity contribution in [2.45, 2.75) is 45.4 Å². The third-order valence-corrected chi connectivity index (χ3v) is 2.64. The van der Waals surface area contributed by atoms with Crippen LogP contribution in [0.3, 0.4) is 0 Å². The Morgan fingerprint density at radius 2 is 1.95 bits per heavy atom. The fraction of sp³-hybridized carbons (Fsp3) is 0.750. The van der Waals surface area contributed by atoms with E-state index in [4.69, 9.17) is 15.2 Å². The van der Waals surface area contributed by atoms with E-state index in [1.54, 1.807) is 6.92 Å². The first-order valence-corrected chi connectivity index (χ1v) is 6.28. The lowest BCUT2D eigenvalue weighted by Gasteiger charge is -2.16. The number of esters is 1. The Hall–Kier alpha value is -1.63. The Labute approximate surface area is 111 Å². The van der Waals surface area contributed by atoms with Gasteiger partial charge >= 0.3 is 5.97 Å². The van der Waals surface area contributed by atoms with E-state index in [1.807, 2.05) is 13.8 Å². The average molecular weight is 272 g/mol. The number of rotatable bonds is 7. The summed E-state index contributed by atoms with van der Waals surface area (Å²) >= 11 is 0. The zero-order valence-corrected chi connectivity index (χ0v) is 11.3. The Balaban J connectivity index is 2.47. The lowest BCUT2D eigenvalue weighted by atomic mass is 10.0. The molecule has 19 heavy (non-hydrogen) atoms. The van der Waals surface area contributed by atoms with Gasteiger partial charge in [-0.2, -0.15) is 0 Å². The highest BCUT2D eigenvalue weighted by Crippen LogP contribution is 2.24. The molecule has 0 bridgehead atoms. The van der Waals surface area contributed by atoms with E-state index >= 15 is 0 Å². The van der Waals surface area contributed by atoms with Crippen LogP contribution in [0.1, 0.15) is 27.2 Å². The molecule has 108 valence electrons. The molecular formula is C12H20N2O5. The second-order valence-corrected chi connectivity index (χ2v) is 4.82. The van der Waals surface area contributed by atoms with Crippen molar-refractivity contribution in [2.75, 3.05) is 6.61 Å². The Morgan fingerprint density at radius 1 is 1.32 bits per heavy atom. The van der Waals surface area contributed by atoms with Crippen LogP contribution >= 0.6 is 0 Å². The predicted molar refractivity (Wildman–Crippen MR) is 65.9 cm³/mol. The van der Waals surface area contributed by atoms with Gasteiger partial charge in [-0.1, -0.05) is 13.8 Å². The van der Waals surface area contributed by atoms with Gasteiger partial charge in [-0.3, -0.25) is 9.59 Å². The minimum absolute atomic E-state index is 0.207. The highest BCUT2D eigenvalue weighted by atomic mass is 16.6. The first kappa shape index (κ1) is 15.4. The minimum atomic E-state index is -0.881. The monoisotopic (exact) mass is 272 g/mol. The Morgan fingerprint density at radius 3 is 2.42 bits per heavy atom. The van der Waals surface area contributed by atoms with Crippen LogP contribution in [0.25, 0.3) is 0 Å². The van der Waals surface area contributed by atoms with Gasteiger partial charge in [0.15, 0.2) is 12.2 Å². The van der Waals surface area contributed by atoms with Crippen molar-refractivity contribution in [3.05, 3.63) is 0 Å². The van der Waals surface area contributed by atoms with Gasteiger partial charge in [0, 0.05) is 0 Å². The molecule has 3 N–H and O–H groups in total. The Bertz CT molecular complexity index is 369. The number of hydrogen-bond acceptors (Lipinski definition) is 5. The third kappa shape index (κ3) is 4.51. The molecule has 0 spiro atoms. The first-order valence-electron chi connectivity index (χ1n) is 6.28. The summed E-state index contributed by atoms with van der Waals surface area (Å²) in [6.07, 6.45) is -1.31. The lowest BCUT2D eigenvalue weighted by Crippen LogP contribution is -2.47. The van der Waals surface area contributed by atoms with Crippen LogP contribution in [-0.4, -0.2) is 42.6 Å². The topological polar surface area (TPSA) is 111 Å². The van der Waals surface area contributed by atoms with Crippen LogP contribution in [-0.2, 0) is 23.9 Å². The Kier molecular flexibility index (Phi) is 5.29. The van der Waals surface area contributed by atoms with Crippen molar-refractivity contribution >= 4 is 17.8 Å². The number of primary amides is 1. The van der Waals surface area contributed by atoms with Gasteiger partial charge < -0.3 is 20.5 Å². The SMILES string of the molecule is CCOC(=O)C1OC1C(=O)N[C@@H](CC(C)C)C(N)=O. The summed E-state index contributed by atoms with van der Waals surface area (Å²) in [5.41, 5.74) is 5.21. The van der Waals surface area contributed by atoms with E-state index in [0.29, 0.717) is 6.42 Å². The van der Waals surface area contributed by atoms with Crippen molar-refractivity contribution in [2.24, 2.45) is 11.7 Å². The standard InChI is InChI=1S/C12H20N2O5/c1-4-18-12(17)9-8(19-9)11(16)14-7(10(13)15)5-6(2)3/h6-9H,4-5H2,1-3H3,(H2,13,15)(H,14,16)/t7-,8?,9?/m0/s1. The molecule has 7 nitrogen and oxygen atoms in total. The van der Waals surface area contributed by atoms with Crippen LogP contribution < -0.4 is 11.1 Å². The molecule has 0 saturated carbocycles. The maximum atomic E-state index is 11.8. The van der Waals surface area contributed by atoms with E-state index in [0.717, 1.165) is 0 Å². The predicted octanol–water partition coefficient (Wildman–Crippen LogP) is -0.667. The highest BCUT2D eigenvalue weighted by Gasteiger charge is 2.52. The molecule has 0 aromatic heterocycles. The van der Waals surface area contributed by atoms with Gasteiger partial charge in [-0.25, -0.2) is 4.79 Å². The number of nitrogens with one attached hydrogen (secondary N) is 1. The molecule has 0 aliphatic carbocycles. The van der Waals surface area contributed by atoms with Crippen LogP contribution in [0.5, 0.6) is 0 Å². The molecule has 1 aliphatic heterocycles. The smallest absolute Gasteiger partial charge is 0.338 e. The number of ether oxygens (including phenoxy) is 2. The number of epoxide rings is 1. The van der Waals surface area contributed by atoms with Crippen LogP contribution in [0, 0.1) is 5.92 Å². The summed E-state index contributed by atoms with van der Waals surface area (Å²) < 4.78 is 9.67. The van der Waals surface area contributed by atoms with Gasteiger partial charge in [0.1, 0.15) is 6.04 Å². The molecule has 0 aromatic carbocycles. The van der Waals surface area contributed by atoms with Crippen molar-refractivity contribution in [1.82, 2.24) is 5.32 Å². The second-order valence-electron chi connectivity index (χ2n) is 4.82. The summed E-state index contributed by atoms with van der Waals surface area (Å²) in [6, 6.07) is -0.750. The van der Waals surface area contributed by atoms with Crippen molar-refractivity contribution in [3.8, 4) is 0 Å². The number of nitrogens with two attached hydrogens (primary N) is 1. The van der Waals surface area contributed by atoms with Gasteiger partial charge in [0.2, 0.25) is 5.91 Å². The molecule has 3 atom stereocenters. The van der Waals surface area contributed by atoms with Crippen LogP contribution in [0.4, 0.5) is 0 Å². The lowest BCUT2D eigenvalue weighted by molar-refractivity contribution is -0.144. The summed E-state index contributed by atoms with van der Waals surface area (Å²) in [6.45, 7) is 5.72. The van der Waals surface area contributed by atoms with E-state index in [9.17, 15) is 14.4 Å². The molecule has 2 amide bonds. The van der Waals surface area contributed by atoms with Crippen molar-refractivity contribution < 1.29 is 23.9 Å². The van der Waals surface area contributed by atoms with E-state index in [2.05, 4.69) is 5.32 Å². The van der Waals surface area contributed by atoms with Crippen LogP contribution in [0.2, 0.25) is 0 Å². The second kappa shape index (κ2) is 6.51. The molecular weight excluding hydrogens is 252 g/mol. The summed E-state index contributed by atoms with van der Waals surface area (Å²) in [5.74, 6) is -1.47. The molecule has 0 aromatic rings. The molecule has 1 heterocycles. The highest BCUT2D eigenvalue weighted by molar-refractivity contribution is 5.95. The van der Waals surface area contributed by atoms with E-state index < -0.39 is 36.0 Å². The molecule has 1 saturated heterocycles. The maximum absolute atomic E-state index is 11.8. The van der Waals surface area contributed by atoms with Crippen LogP contribution in [0.15, 0.2) is 0 Å². The average Bonchev–Trinajstić information content (AvgIpc) is 3.07. The zero-order chi connectivity index (χ0) is 14.6. The zero-order valence-electron chi connectivity index (χ0n) is 11.3. The van der Waals surface area contributed by atoms with Gasteiger partial charge in [0.05, 0.1) is 6.61 Å². The summed E-state index contributed by atoms with van der Waals surface area (Å²) in [5, 5.41) is 2.49. The van der Waals surface area contributed by atoms with Gasteiger partial charge in [-0.05, 0) is 19.3 Å². The molecule has 1 aliphatic rings. The molecule has 2 unspecified atom stereocenters. The van der Waals surface area contributed by atoms with E-state index in [-0.39, 0.29) is 12.5 Å². The summed E-state index contributed by atoms with van der Waals surface area (Å²) in [7, 11) is 0. The number of hydrogen-bond donors (Lipinski definition) is 2. The fourth-order valence-corrected chi connectivity index (χ4v) is 1.69. The first-order chi connectivity index (χ1) is 8.86. The minimum Gasteiger partial charge on any atom is -0.464 e. The van der Waals surface area contributed by atoms with Crippen molar-refractivity contribution in [3.63, 3.8) is 0 Å². The molecule has 1 fully saturated rings.